The van der Waals surface area contributed by atoms with Crippen molar-refractivity contribution in [3.63, 3.8) is 0 Å². The fourth-order valence-electron chi connectivity index (χ4n) is 2.51. The van der Waals surface area contributed by atoms with E-state index in [-0.39, 0.29) is 42.2 Å². The number of piperidine rings is 1. The first-order valence-electron chi connectivity index (χ1n) is 6.73. The van der Waals surface area contributed by atoms with E-state index in [1.807, 2.05) is 13.8 Å². The highest BCUT2D eigenvalue weighted by atomic mass is 19.1. The summed E-state index contributed by atoms with van der Waals surface area (Å²) in [5.74, 6) is -1.92. The van der Waals surface area contributed by atoms with E-state index in [0.717, 1.165) is 23.1 Å². The first-order valence-corrected chi connectivity index (χ1v) is 6.73. The van der Waals surface area contributed by atoms with Gasteiger partial charge in [0.1, 0.15) is 11.6 Å². The summed E-state index contributed by atoms with van der Waals surface area (Å²) in [5, 5.41) is 0. The molecule has 114 valence electrons. The predicted molar refractivity (Wildman–Crippen MR) is 73.0 cm³/mol. The lowest BCUT2D eigenvalue weighted by Gasteiger charge is -2.35. The Morgan fingerprint density at radius 2 is 1.81 bits per heavy atom. The molecule has 1 fully saturated rings. The number of hydrogen-bond acceptors (Lipinski definition) is 3. The lowest BCUT2D eigenvalue weighted by atomic mass is 9.81. The molecule has 1 unspecified atom stereocenters. The van der Waals surface area contributed by atoms with Gasteiger partial charge in [-0.1, -0.05) is 13.8 Å². The van der Waals surface area contributed by atoms with E-state index in [1.54, 1.807) is 0 Å². The third kappa shape index (κ3) is 3.44. The van der Waals surface area contributed by atoms with E-state index in [2.05, 4.69) is 0 Å². The lowest BCUT2D eigenvalue weighted by Crippen LogP contribution is -2.48. The van der Waals surface area contributed by atoms with Crippen LogP contribution in [0.5, 0.6) is 0 Å². The molecule has 1 aliphatic heterocycles. The molecule has 21 heavy (non-hydrogen) atoms. The minimum atomic E-state index is -0.949. The van der Waals surface area contributed by atoms with E-state index in [4.69, 9.17) is 5.73 Å². The van der Waals surface area contributed by atoms with Crippen LogP contribution in [0.4, 0.5) is 8.78 Å². The highest BCUT2D eigenvalue weighted by Gasteiger charge is 2.38. The second kappa shape index (κ2) is 5.52. The third-order valence-corrected chi connectivity index (χ3v) is 3.60. The highest BCUT2D eigenvalue weighted by molar-refractivity contribution is 5.98. The second-order valence-electron chi connectivity index (χ2n) is 6.19. The van der Waals surface area contributed by atoms with Crippen LogP contribution in [-0.4, -0.2) is 23.3 Å². The van der Waals surface area contributed by atoms with Gasteiger partial charge in [0.15, 0.2) is 0 Å². The number of nitrogens with two attached hydrogens (primary N) is 1. The largest absolute Gasteiger partial charge is 0.322 e. The van der Waals surface area contributed by atoms with Crippen molar-refractivity contribution in [3.05, 3.63) is 35.4 Å². The van der Waals surface area contributed by atoms with Gasteiger partial charge in [0.2, 0.25) is 11.8 Å². The van der Waals surface area contributed by atoms with Crippen LogP contribution < -0.4 is 5.73 Å². The van der Waals surface area contributed by atoms with E-state index in [1.165, 1.54) is 0 Å². The quantitative estimate of drug-likeness (QED) is 0.869. The topological polar surface area (TPSA) is 63.4 Å². The number of carbonyl (C=O) groups is 2. The van der Waals surface area contributed by atoms with Crippen molar-refractivity contribution in [1.29, 1.82) is 0 Å². The van der Waals surface area contributed by atoms with E-state index >= 15 is 0 Å². The van der Waals surface area contributed by atoms with E-state index in [0.29, 0.717) is 0 Å². The second-order valence-corrected chi connectivity index (χ2v) is 6.19. The summed E-state index contributed by atoms with van der Waals surface area (Å²) in [4.78, 5) is 25.1. The van der Waals surface area contributed by atoms with Crippen LogP contribution in [-0.2, 0) is 9.59 Å². The third-order valence-electron chi connectivity index (χ3n) is 3.60. The van der Waals surface area contributed by atoms with Gasteiger partial charge in [0.05, 0.1) is 6.04 Å². The summed E-state index contributed by atoms with van der Waals surface area (Å²) in [6.45, 7) is 3.53. The molecule has 0 bridgehead atoms. The summed E-state index contributed by atoms with van der Waals surface area (Å²) < 4.78 is 26.8. The van der Waals surface area contributed by atoms with Gasteiger partial charge in [-0.3, -0.25) is 14.5 Å². The number of imide groups is 1. The monoisotopic (exact) mass is 296 g/mol. The Kier molecular flexibility index (Phi) is 4.09. The van der Waals surface area contributed by atoms with Crippen molar-refractivity contribution >= 4 is 11.8 Å². The van der Waals surface area contributed by atoms with Crippen LogP contribution >= 0.6 is 0 Å². The molecule has 1 aliphatic rings. The van der Waals surface area contributed by atoms with Gasteiger partial charge in [-0.05, 0) is 23.6 Å². The Hall–Kier alpha value is -1.82. The zero-order valence-corrected chi connectivity index (χ0v) is 12.0. The van der Waals surface area contributed by atoms with Gasteiger partial charge in [0.25, 0.3) is 0 Å². The zero-order chi connectivity index (χ0) is 15.8. The summed E-state index contributed by atoms with van der Waals surface area (Å²) in [6.07, 6.45) is 0.466. The number of rotatable bonds is 3. The fraction of sp³-hybridized carbons (Fsp3) is 0.467. The molecule has 2 N–H and O–H groups in total. The van der Waals surface area contributed by atoms with Crippen LogP contribution in [0.2, 0.25) is 0 Å². The van der Waals surface area contributed by atoms with E-state index in [9.17, 15) is 18.4 Å². The van der Waals surface area contributed by atoms with Crippen molar-refractivity contribution in [1.82, 2.24) is 4.90 Å². The Bertz CT molecular complexity index is 567. The molecule has 0 spiro atoms. The van der Waals surface area contributed by atoms with Crippen LogP contribution in [0.1, 0.15) is 38.3 Å². The first kappa shape index (κ1) is 15.6. The summed E-state index contributed by atoms with van der Waals surface area (Å²) in [5.41, 5.74) is 5.42. The van der Waals surface area contributed by atoms with Crippen LogP contribution in [0.15, 0.2) is 18.2 Å². The van der Waals surface area contributed by atoms with E-state index < -0.39 is 17.7 Å². The normalized spacial score (nSPS) is 19.8. The molecule has 0 radical (unpaired) electrons. The van der Waals surface area contributed by atoms with Gasteiger partial charge in [-0.15, -0.1) is 0 Å². The van der Waals surface area contributed by atoms with Gasteiger partial charge in [-0.25, -0.2) is 8.78 Å². The van der Waals surface area contributed by atoms with Crippen molar-refractivity contribution in [2.45, 2.75) is 32.7 Å². The first-order chi connectivity index (χ1) is 9.69. The number of halogens is 2. The Balaban J connectivity index is 2.16. The summed E-state index contributed by atoms with van der Waals surface area (Å²) in [6, 6.07) is 2.01. The average Bonchev–Trinajstić information content (AvgIpc) is 2.35. The van der Waals surface area contributed by atoms with Crippen molar-refractivity contribution in [2.75, 3.05) is 6.54 Å². The number of nitrogens with zero attached hydrogens (tertiary/aromatic N) is 1. The predicted octanol–water partition coefficient (Wildman–Crippen LogP) is 2.14. The average molecular weight is 296 g/mol. The minimum absolute atomic E-state index is 0.0413. The van der Waals surface area contributed by atoms with Crippen LogP contribution in [0, 0.1) is 17.0 Å². The van der Waals surface area contributed by atoms with Crippen LogP contribution in [0.3, 0.4) is 0 Å². The SMILES string of the molecule is CC1(C)CC(=O)N(CC(N)c2cc(F)ccc2F)C(=O)C1. The number of benzene rings is 1. The zero-order valence-electron chi connectivity index (χ0n) is 12.0. The van der Waals surface area contributed by atoms with Crippen molar-refractivity contribution in [3.8, 4) is 0 Å². The Morgan fingerprint density at radius 3 is 2.38 bits per heavy atom. The van der Waals surface area contributed by atoms with Gasteiger partial charge in [0, 0.05) is 24.9 Å². The molecule has 1 atom stereocenters. The Morgan fingerprint density at radius 1 is 1.24 bits per heavy atom. The van der Waals surface area contributed by atoms with Crippen LogP contribution in [0.25, 0.3) is 0 Å². The molecular weight excluding hydrogens is 278 g/mol. The van der Waals surface area contributed by atoms with Crippen molar-refractivity contribution in [2.24, 2.45) is 11.1 Å². The van der Waals surface area contributed by atoms with Gasteiger partial charge >= 0.3 is 0 Å². The molecule has 1 heterocycles. The molecule has 0 saturated carbocycles. The maximum Gasteiger partial charge on any atom is 0.229 e. The molecule has 1 aromatic rings. The standard InChI is InChI=1S/C15H18F2N2O2/c1-15(2)6-13(20)19(14(21)7-15)8-12(18)10-5-9(16)3-4-11(10)17/h3-5,12H,6-8,18H2,1-2H3. The molecular formula is C15H18F2N2O2. The maximum absolute atomic E-state index is 13.7. The smallest absolute Gasteiger partial charge is 0.229 e. The molecule has 2 amide bonds. The molecule has 2 rings (SSSR count). The van der Waals surface area contributed by atoms with Crippen molar-refractivity contribution < 1.29 is 18.4 Å². The minimum Gasteiger partial charge on any atom is -0.322 e. The molecule has 0 aliphatic carbocycles. The summed E-state index contributed by atoms with van der Waals surface area (Å²) in [7, 11) is 0. The van der Waals surface area contributed by atoms with Gasteiger partial charge in [-0.2, -0.15) is 0 Å². The number of hydrogen-bond donors (Lipinski definition) is 1. The highest BCUT2D eigenvalue weighted by Crippen LogP contribution is 2.32. The molecule has 1 aromatic carbocycles. The lowest BCUT2D eigenvalue weighted by molar-refractivity contribution is -0.152. The number of carbonyl (C=O) groups excluding carboxylic acids is 2. The summed E-state index contributed by atoms with van der Waals surface area (Å²) >= 11 is 0. The van der Waals surface area contributed by atoms with Gasteiger partial charge < -0.3 is 5.73 Å². The Labute approximate surface area is 121 Å². The number of amides is 2. The molecule has 6 heteroatoms. The molecule has 1 saturated heterocycles. The molecule has 4 nitrogen and oxygen atoms in total. The number of likely N-dealkylation sites (tertiary alicyclic amines) is 1. The maximum atomic E-state index is 13.7. The fourth-order valence-corrected chi connectivity index (χ4v) is 2.51. The molecule has 0 aromatic heterocycles.